The lowest BCUT2D eigenvalue weighted by molar-refractivity contribution is -0.167. The number of epoxide rings is 1. The van der Waals surface area contributed by atoms with Crippen LogP contribution in [0.2, 0.25) is 0 Å². The first-order valence-corrected chi connectivity index (χ1v) is 7.58. The van der Waals surface area contributed by atoms with Crippen LogP contribution in [0.1, 0.15) is 39.5 Å². The van der Waals surface area contributed by atoms with E-state index in [0.717, 1.165) is 25.7 Å². The number of ketones is 1. The second kappa shape index (κ2) is 3.53. The number of esters is 1. The average Bonchev–Trinajstić information content (AvgIpc) is 3.11. The summed E-state index contributed by atoms with van der Waals surface area (Å²) in [6.45, 7) is 4.61. The Balaban J connectivity index is 1.84. The van der Waals surface area contributed by atoms with Crippen molar-refractivity contribution in [1.29, 1.82) is 0 Å². The van der Waals surface area contributed by atoms with Gasteiger partial charge in [0.2, 0.25) is 0 Å². The first-order valence-electron chi connectivity index (χ1n) is 7.58. The third-order valence-corrected chi connectivity index (χ3v) is 6.05. The summed E-state index contributed by atoms with van der Waals surface area (Å²) in [5, 5.41) is 0. The molecule has 0 aromatic carbocycles. The molecule has 0 unspecified atom stereocenters. The van der Waals surface area contributed by atoms with Crippen LogP contribution in [0.3, 0.4) is 0 Å². The van der Waals surface area contributed by atoms with E-state index in [1.54, 1.807) is 0 Å². The minimum Gasteiger partial charge on any atom is -0.466 e. The molecule has 0 aromatic heterocycles. The SMILES string of the molecule is CCOC(=O)[C@@H]1C[C@]23CCCC2=C[C@@]1(C)C(=O)[C@@]31CO1. The average molecular weight is 276 g/mol. The standard InChI is InChI=1S/C16H20O4/c1-3-19-12(17)11-8-15-6-4-5-10(15)7-14(11,2)13(18)16(15)9-20-16/h7,11H,3-6,8-9H2,1-2H3/t11-,14+,15+,16-/m0/s1. The summed E-state index contributed by atoms with van der Waals surface area (Å²) < 4.78 is 10.9. The molecule has 3 fully saturated rings. The topological polar surface area (TPSA) is 55.9 Å². The van der Waals surface area contributed by atoms with Gasteiger partial charge in [0.15, 0.2) is 11.4 Å². The van der Waals surface area contributed by atoms with E-state index in [9.17, 15) is 9.59 Å². The number of rotatable bonds is 2. The molecule has 0 N–H and O–H groups in total. The summed E-state index contributed by atoms with van der Waals surface area (Å²) in [4.78, 5) is 25.3. The first kappa shape index (κ1) is 12.6. The van der Waals surface area contributed by atoms with E-state index in [1.165, 1.54) is 5.57 Å². The fourth-order valence-electron chi connectivity index (χ4n) is 5.00. The summed E-state index contributed by atoms with van der Waals surface area (Å²) in [6.07, 6.45) is 5.91. The summed E-state index contributed by atoms with van der Waals surface area (Å²) in [5.74, 6) is -0.452. The Morgan fingerprint density at radius 3 is 2.95 bits per heavy atom. The lowest BCUT2D eigenvalue weighted by Gasteiger charge is -2.54. The van der Waals surface area contributed by atoms with Crippen molar-refractivity contribution < 1.29 is 19.1 Å². The van der Waals surface area contributed by atoms with Gasteiger partial charge in [0.25, 0.3) is 0 Å². The molecule has 4 heteroatoms. The number of carbonyl (C=O) groups excluding carboxylic acids is 2. The Labute approximate surface area is 118 Å². The van der Waals surface area contributed by atoms with Gasteiger partial charge in [0.1, 0.15) is 0 Å². The normalized spacial score (nSPS) is 48.2. The lowest BCUT2D eigenvalue weighted by Crippen LogP contribution is -2.63. The van der Waals surface area contributed by atoms with Crippen LogP contribution in [-0.4, -0.2) is 30.6 Å². The molecule has 1 saturated heterocycles. The number of carbonyl (C=O) groups is 2. The minimum absolute atomic E-state index is 0.111. The molecule has 4 atom stereocenters. The quantitative estimate of drug-likeness (QED) is 0.440. The zero-order chi connectivity index (χ0) is 14.2. The maximum atomic E-state index is 13.0. The van der Waals surface area contributed by atoms with E-state index in [-0.39, 0.29) is 23.1 Å². The molecule has 0 amide bonds. The van der Waals surface area contributed by atoms with E-state index in [0.29, 0.717) is 13.2 Å². The monoisotopic (exact) mass is 276 g/mol. The smallest absolute Gasteiger partial charge is 0.310 e. The van der Waals surface area contributed by atoms with Crippen LogP contribution in [0.5, 0.6) is 0 Å². The van der Waals surface area contributed by atoms with E-state index < -0.39 is 11.0 Å². The highest BCUT2D eigenvalue weighted by Crippen LogP contribution is 2.71. The molecule has 4 aliphatic carbocycles. The third-order valence-electron chi connectivity index (χ3n) is 6.05. The minimum atomic E-state index is -0.732. The molecule has 5 aliphatic rings. The van der Waals surface area contributed by atoms with Crippen LogP contribution in [0.4, 0.5) is 0 Å². The molecule has 1 aliphatic heterocycles. The van der Waals surface area contributed by atoms with Crippen molar-refractivity contribution in [2.75, 3.05) is 13.2 Å². The second-order valence-electron chi connectivity index (χ2n) is 6.84. The Morgan fingerprint density at radius 2 is 2.30 bits per heavy atom. The van der Waals surface area contributed by atoms with Crippen molar-refractivity contribution in [2.24, 2.45) is 16.7 Å². The second-order valence-corrected chi connectivity index (χ2v) is 6.84. The largest absolute Gasteiger partial charge is 0.466 e. The Hall–Kier alpha value is -1.16. The van der Waals surface area contributed by atoms with E-state index in [4.69, 9.17) is 9.47 Å². The number of allylic oxidation sites excluding steroid dienone is 1. The van der Waals surface area contributed by atoms with Gasteiger partial charge in [0.05, 0.1) is 24.5 Å². The molecule has 2 bridgehead atoms. The maximum Gasteiger partial charge on any atom is 0.310 e. The predicted octanol–water partition coefficient (Wildman–Crippen LogP) is 2.02. The zero-order valence-corrected chi connectivity index (χ0v) is 12.0. The fourth-order valence-corrected chi connectivity index (χ4v) is 5.00. The van der Waals surface area contributed by atoms with Crippen LogP contribution in [0, 0.1) is 16.7 Å². The van der Waals surface area contributed by atoms with Gasteiger partial charge in [-0.05, 0) is 39.5 Å². The van der Waals surface area contributed by atoms with Crippen LogP contribution in [-0.2, 0) is 19.1 Å². The van der Waals surface area contributed by atoms with Gasteiger partial charge in [0, 0.05) is 5.41 Å². The van der Waals surface area contributed by atoms with Crippen molar-refractivity contribution >= 4 is 11.8 Å². The highest BCUT2D eigenvalue weighted by molar-refractivity contribution is 6.03. The molecule has 4 nitrogen and oxygen atoms in total. The molecule has 108 valence electrons. The van der Waals surface area contributed by atoms with Gasteiger partial charge < -0.3 is 9.47 Å². The fraction of sp³-hybridized carbons (Fsp3) is 0.750. The molecule has 5 rings (SSSR count). The van der Waals surface area contributed by atoms with Gasteiger partial charge in [-0.25, -0.2) is 0 Å². The van der Waals surface area contributed by atoms with E-state index >= 15 is 0 Å². The van der Waals surface area contributed by atoms with Crippen molar-refractivity contribution in [1.82, 2.24) is 0 Å². The van der Waals surface area contributed by atoms with Crippen molar-refractivity contribution in [3.63, 3.8) is 0 Å². The third kappa shape index (κ3) is 1.14. The Kier molecular flexibility index (Phi) is 2.22. The van der Waals surface area contributed by atoms with Gasteiger partial charge >= 0.3 is 5.97 Å². The summed E-state index contributed by atoms with van der Waals surface area (Å²) >= 11 is 0. The number of fused-ring (bicyclic) bond motifs is 1. The van der Waals surface area contributed by atoms with Crippen LogP contribution in [0.25, 0.3) is 0 Å². The summed E-state index contributed by atoms with van der Waals surface area (Å²) in [5.41, 5.74) is -0.188. The molecule has 2 spiro atoms. The van der Waals surface area contributed by atoms with E-state index in [1.807, 2.05) is 13.8 Å². The van der Waals surface area contributed by atoms with Crippen molar-refractivity contribution in [3.8, 4) is 0 Å². The Morgan fingerprint density at radius 1 is 1.55 bits per heavy atom. The zero-order valence-electron chi connectivity index (χ0n) is 12.0. The van der Waals surface area contributed by atoms with Gasteiger partial charge in [-0.15, -0.1) is 0 Å². The molecule has 1 heterocycles. The lowest BCUT2D eigenvalue weighted by atomic mass is 9.46. The van der Waals surface area contributed by atoms with Crippen LogP contribution >= 0.6 is 0 Å². The molecular formula is C16H20O4. The molecule has 20 heavy (non-hydrogen) atoms. The van der Waals surface area contributed by atoms with E-state index in [2.05, 4.69) is 6.08 Å². The number of hydrogen-bond donors (Lipinski definition) is 0. The molecule has 0 aromatic rings. The number of hydrogen-bond acceptors (Lipinski definition) is 4. The molecule has 2 saturated carbocycles. The van der Waals surface area contributed by atoms with Crippen LogP contribution < -0.4 is 0 Å². The van der Waals surface area contributed by atoms with Gasteiger partial charge in [-0.2, -0.15) is 0 Å². The van der Waals surface area contributed by atoms with Crippen molar-refractivity contribution in [3.05, 3.63) is 11.6 Å². The predicted molar refractivity (Wildman–Crippen MR) is 70.9 cm³/mol. The van der Waals surface area contributed by atoms with Gasteiger partial charge in [-0.1, -0.05) is 11.6 Å². The number of ether oxygens (including phenoxy) is 2. The first-order chi connectivity index (χ1) is 9.50. The highest BCUT2D eigenvalue weighted by atomic mass is 16.6. The summed E-state index contributed by atoms with van der Waals surface area (Å²) in [6, 6.07) is 0. The van der Waals surface area contributed by atoms with Crippen molar-refractivity contribution in [2.45, 2.75) is 45.1 Å². The van der Waals surface area contributed by atoms with Crippen LogP contribution in [0.15, 0.2) is 11.6 Å². The highest BCUT2D eigenvalue weighted by Gasteiger charge is 2.78. The molecule has 0 radical (unpaired) electrons. The summed E-state index contributed by atoms with van der Waals surface area (Å²) in [7, 11) is 0. The Bertz CT molecular complexity index is 545. The molecular weight excluding hydrogens is 256 g/mol. The van der Waals surface area contributed by atoms with Gasteiger partial charge in [-0.3, -0.25) is 9.59 Å². The maximum absolute atomic E-state index is 13.0. The number of Topliss-reactive ketones (excluding diaryl/α,β-unsaturated/α-hetero) is 1.